The molecule has 1 aromatic heterocycles. The summed E-state index contributed by atoms with van der Waals surface area (Å²) in [5.74, 6) is -0.799. The molecule has 8 nitrogen and oxygen atoms in total. The number of nitrogens with zero attached hydrogens (tertiary/aromatic N) is 1. The molecule has 7 rings (SSSR count). The zero-order chi connectivity index (χ0) is 26.1. The van der Waals surface area contributed by atoms with E-state index in [9.17, 15) is 19.2 Å². The van der Waals surface area contributed by atoms with E-state index in [1.165, 1.54) is 16.2 Å². The number of ether oxygens (including phenoxy) is 1. The fourth-order valence-corrected chi connectivity index (χ4v) is 10.2. The van der Waals surface area contributed by atoms with Gasteiger partial charge in [0.15, 0.2) is 0 Å². The van der Waals surface area contributed by atoms with Gasteiger partial charge in [-0.2, -0.15) is 0 Å². The average Bonchev–Trinajstić information content (AvgIpc) is 3.65. The first-order valence-electron chi connectivity index (χ1n) is 12.7. The number of benzene rings is 2. The molecule has 3 fully saturated rings. The van der Waals surface area contributed by atoms with Gasteiger partial charge < -0.3 is 15.0 Å². The molecule has 2 saturated carbocycles. The number of nitrogens with one attached hydrogen (secondary N) is 2. The van der Waals surface area contributed by atoms with Crippen LogP contribution in [0.1, 0.15) is 22.8 Å². The van der Waals surface area contributed by atoms with Crippen LogP contribution in [0, 0.1) is 29.6 Å². The number of hydrogen-bond acceptors (Lipinski definition) is 7. The van der Waals surface area contributed by atoms with Crippen LogP contribution in [0.15, 0.2) is 64.4 Å². The Bertz CT molecular complexity index is 1500. The van der Waals surface area contributed by atoms with Crippen molar-refractivity contribution >= 4 is 46.5 Å². The molecule has 1 saturated heterocycles. The average molecular weight is 548 g/mol. The highest BCUT2D eigenvalue weighted by atomic mass is 32.2. The molecule has 2 bridgehead atoms. The van der Waals surface area contributed by atoms with E-state index >= 15 is 0 Å². The number of anilines is 1. The predicted molar refractivity (Wildman–Crippen MR) is 143 cm³/mol. The van der Waals surface area contributed by atoms with Gasteiger partial charge in [0, 0.05) is 21.7 Å². The van der Waals surface area contributed by atoms with Crippen molar-refractivity contribution in [1.82, 2.24) is 9.88 Å². The van der Waals surface area contributed by atoms with Gasteiger partial charge in [0.1, 0.15) is 12.3 Å². The van der Waals surface area contributed by atoms with Crippen LogP contribution in [-0.2, 0) is 14.4 Å². The summed E-state index contributed by atoms with van der Waals surface area (Å²) in [7, 11) is 1.57. The quantitative estimate of drug-likeness (QED) is 0.473. The van der Waals surface area contributed by atoms with Gasteiger partial charge in [0.25, 0.3) is 0 Å². The molecule has 6 unspecified atom stereocenters. The Morgan fingerprint density at radius 2 is 1.74 bits per heavy atom. The van der Waals surface area contributed by atoms with Gasteiger partial charge >= 0.3 is 4.87 Å². The summed E-state index contributed by atoms with van der Waals surface area (Å²) in [6.07, 6.45) is 0.823. The van der Waals surface area contributed by atoms with Gasteiger partial charge in [-0.25, -0.2) is 0 Å². The maximum Gasteiger partial charge on any atom is 0.305 e. The van der Waals surface area contributed by atoms with Crippen LogP contribution in [0.3, 0.4) is 0 Å². The monoisotopic (exact) mass is 547 g/mol. The Hall–Kier alpha value is -3.37. The zero-order valence-electron chi connectivity index (χ0n) is 20.5. The van der Waals surface area contributed by atoms with E-state index in [0.29, 0.717) is 11.4 Å². The van der Waals surface area contributed by atoms with Crippen molar-refractivity contribution < 1.29 is 19.1 Å². The number of H-pyrrole nitrogens is 1. The third kappa shape index (κ3) is 3.50. The number of thioether (sulfide) groups is 1. The standard InChI is InChI=1S/C28H25N3O5S2/c1-36-15-9-7-14(8-10-15)29-18(32)12-31-26(33)21-16-11-17(22(21)27(31)34)23-20(16)19(13-5-3-2-4-6-13)24-25(37-23)30-28(35)38-24/h2-10,16-17,19-23H,11-12H2,1H3,(H,29,32)(H,30,35)/t16?,17?,19-,20?,21?,22?,23?/m1/s1. The highest BCUT2D eigenvalue weighted by molar-refractivity contribution is 8.00. The molecule has 38 heavy (non-hydrogen) atoms. The van der Waals surface area contributed by atoms with Crippen molar-refractivity contribution in [3.63, 3.8) is 0 Å². The first kappa shape index (κ1) is 23.7. The van der Waals surface area contributed by atoms with Gasteiger partial charge in [0.05, 0.1) is 24.0 Å². The van der Waals surface area contributed by atoms with Gasteiger partial charge in [-0.3, -0.25) is 24.1 Å². The fraction of sp³-hybridized carbons (Fsp3) is 0.357. The molecular weight excluding hydrogens is 522 g/mol. The second-order valence-electron chi connectivity index (χ2n) is 10.4. The number of imide groups is 1. The third-order valence-electron chi connectivity index (χ3n) is 8.65. The van der Waals surface area contributed by atoms with E-state index in [1.807, 2.05) is 18.2 Å². The van der Waals surface area contributed by atoms with Crippen molar-refractivity contribution in [2.45, 2.75) is 22.6 Å². The normalized spacial score (nSPS) is 30.7. The van der Waals surface area contributed by atoms with E-state index in [0.717, 1.165) is 21.9 Å². The Morgan fingerprint density at radius 1 is 1.03 bits per heavy atom. The molecule has 4 aliphatic rings. The van der Waals surface area contributed by atoms with Crippen LogP contribution in [-0.4, -0.2) is 46.5 Å². The molecule has 2 aliphatic heterocycles. The largest absolute Gasteiger partial charge is 0.497 e. The van der Waals surface area contributed by atoms with E-state index < -0.39 is 17.7 Å². The Morgan fingerprint density at radius 3 is 2.45 bits per heavy atom. The smallest absolute Gasteiger partial charge is 0.305 e. The molecule has 2 N–H and O–H groups in total. The topological polar surface area (TPSA) is 109 Å². The Balaban J connectivity index is 1.16. The summed E-state index contributed by atoms with van der Waals surface area (Å²) >= 11 is 2.92. The van der Waals surface area contributed by atoms with E-state index in [1.54, 1.807) is 43.1 Å². The summed E-state index contributed by atoms with van der Waals surface area (Å²) in [5.41, 5.74) is 1.71. The lowest BCUT2D eigenvalue weighted by molar-refractivity contribution is -0.143. The highest BCUT2D eigenvalue weighted by Gasteiger charge is 2.69. The van der Waals surface area contributed by atoms with Gasteiger partial charge in [-0.05, 0) is 54.0 Å². The highest BCUT2D eigenvalue weighted by Crippen LogP contribution is 2.68. The first-order chi connectivity index (χ1) is 18.4. The molecule has 2 aliphatic carbocycles. The number of carbonyl (C=O) groups is 3. The van der Waals surface area contributed by atoms with E-state index in [-0.39, 0.29) is 52.2 Å². The summed E-state index contributed by atoms with van der Waals surface area (Å²) in [5, 5.41) is 3.81. The maximum absolute atomic E-state index is 13.7. The molecule has 3 aromatic rings. The predicted octanol–water partition coefficient (Wildman–Crippen LogP) is 3.56. The molecule has 0 radical (unpaired) electrons. The molecule has 3 amide bonds. The Kier molecular flexibility index (Phi) is 5.52. The molecule has 3 heterocycles. The van der Waals surface area contributed by atoms with Crippen LogP contribution >= 0.6 is 23.1 Å². The van der Waals surface area contributed by atoms with Gasteiger partial charge in [-0.1, -0.05) is 41.7 Å². The third-order valence-corrected chi connectivity index (χ3v) is 11.2. The molecular formula is C28H25N3O5S2. The number of thiazole rings is 1. The molecule has 10 heteroatoms. The number of amides is 3. The van der Waals surface area contributed by atoms with Crippen LogP contribution < -0.4 is 14.9 Å². The number of aromatic nitrogens is 1. The van der Waals surface area contributed by atoms with Crippen molar-refractivity contribution in [2.75, 3.05) is 19.0 Å². The lowest BCUT2D eigenvalue weighted by Crippen LogP contribution is -2.42. The summed E-state index contributed by atoms with van der Waals surface area (Å²) < 4.78 is 5.15. The van der Waals surface area contributed by atoms with Crippen molar-refractivity contribution in [2.24, 2.45) is 29.6 Å². The van der Waals surface area contributed by atoms with Gasteiger partial charge in [0.2, 0.25) is 17.7 Å². The maximum atomic E-state index is 13.7. The Labute approximate surface area is 226 Å². The minimum Gasteiger partial charge on any atom is -0.497 e. The number of carbonyl (C=O) groups excluding carboxylic acids is 3. The molecule has 2 aromatic carbocycles. The lowest BCUT2D eigenvalue weighted by Gasteiger charge is -2.43. The number of fused-ring (bicyclic) bond motifs is 9. The zero-order valence-corrected chi connectivity index (χ0v) is 22.1. The van der Waals surface area contributed by atoms with Crippen LogP contribution in [0.5, 0.6) is 5.75 Å². The first-order valence-corrected chi connectivity index (χ1v) is 14.4. The van der Waals surface area contributed by atoms with Crippen molar-refractivity contribution in [3.05, 3.63) is 74.7 Å². The number of likely N-dealkylation sites (tertiary alicyclic amines) is 1. The van der Waals surface area contributed by atoms with Crippen LogP contribution in [0.25, 0.3) is 0 Å². The van der Waals surface area contributed by atoms with E-state index in [2.05, 4.69) is 22.4 Å². The second-order valence-corrected chi connectivity index (χ2v) is 12.6. The molecule has 194 valence electrons. The number of hydrogen-bond donors (Lipinski definition) is 2. The van der Waals surface area contributed by atoms with Gasteiger partial charge in [-0.15, -0.1) is 11.8 Å². The van der Waals surface area contributed by atoms with Crippen LogP contribution in [0.2, 0.25) is 0 Å². The number of methoxy groups -OCH3 is 1. The second kappa shape index (κ2) is 8.84. The number of aromatic amines is 1. The number of rotatable bonds is 5. The lowest BCUT2D eigenvalue weighted by atomic mass is 9.68. The fourth-order valence-electron chi connectivity index (χ4n) is 7.29. The van der Waals surface area contributed by atoms with Crippen LogP contribution in [0.4, 0.5) is 5.69 Å². The minimum absolute atomic E-state index is 0.00710. The molecule has 0 spiro atoms. The minimum atomic E-state index is -0.411. The summed E-state index contributed by atoms with van der Waals surface area (Å²) in [6, 6.07) is 17.1. The summed E-state index contributed by atoms with van der Waals surface area (Å²) in [6.45, 7) is -0.290. The van der Waals surface area contributed by atoms with E-state index in [4.69, 9.17) is 4.74 Å². The summed E-state index contributed by atoms with van der Waals surface area (Å²) in [4.78, 5) is 57.6. The SMILES string of the molecule is COc1ccc(NC(=O)CN2C(=O)C3C4CC(C3C2=O)C2C4Sc3[nH]c(=O)sc3[C@@H]2c2ccccc2)cc1. The van der Waals surface area contributed by atoms with Crippen molar-refractivity contribution in [1.29, 1.82) is 0 Å². The molecule has 7 atom stereocenters. The van der Waals surface area contributed by atoms with Crippen molar-refractivity contribution in [3.8, 4) is 5.75 Å².